The zero-order valence-electron chi connectivity index (χ0n) is 14.1. The Hall–Kier alpha value is -2.40. The number of urea groups is 2. The highest BCUT2D eigenvalue weighted by Crippen LogP contribution is 2.25. The van der Waals surface area contributed by atoms with Crippen molar-refractivity contribution in [1.82, 2.24) is 20.9 Å². The zero-order valence-corrected chi connectivity index (χ0v) is 14.1. The molecule has 0 aromatic heterocycles. The van der Waals surface area contributed by atoms with Crippen LogP contribution in [0.25, 0.3) is 0 Å². The van der Waals surface area contributed by atoms with Gasteiger partial charge in [-0.15, -0.1) is 0 Å². The van der Waals surface area contributed by atoms with Crippen LogP contribution in [-0.4, -0.2) is 48.9 Å². The van der Waals surface area contributed by atoms with Gasteiger partial charge in [0.05, 0.1) is 6.04 Å². The molecular formula is C16H18F4N4O3. The molecule has 0 aliphatic carbocycles. The lowest BCUT2D eigenvalue weighted by molar-refractivity contribution is 0.0455. The van der Waals surface area contributed by atoms with Crippen molar-refractivity contribution in [2.75, 3.05) is 13.2 Å². The molecule has 0 bridgehead atoms. The second kappa shape index (κ2) is 8.09. The van der Waals surface area contributed by atoms with Crippen LogP contribution in [0.5, 0.6) is 0 Å². The maximum absolute atomic E-state index is 13.9. The van der Waals surface area contributed by atoms with Crippen molar-refractivity contribution < 1.29 is 31.9 Å². The smallest absolute Gasteiger partial charge is 0.328 e. The van der Waals surface area contributed by atoms with Gasteiger partial charge in [0.25, 0.3) is 6.43 Å². The van der Waals surface area contributed by atoms with Gasteiger partial charge in [0.2, 0.25) is 0 Å². The molecule has 4 amide bonds. The summed E-state index contributed by atoms with van der Waals surface area (Å²) in [5, 5.41) is 7.00. The topological polar surface area (TPSA) is 82.7 Å². The average Bonchev–Trinajstić information content (AvgIpc) is 2.60. The fraction of sp³-hybridized carbons (Fsp3) is 0.500. The number of rotatable bonds is 5. The molecule has 2 aliphatic rings. The number of nitrogens with zero attached hydrogens (tertiary/aromatic N) is 1. The van der Waals surface area contributed by atoms with E-state index in [4.69, 9.17) is 4.74 Å². The van der Waals surface area contributed by atoms with E-state index in [1.807, 2.05) is 0 Å². The molecule has 2 saturated heterocycles. The molecule has 2 heterocycles. The molecular weight excluding hydrogens is 372 g/mol. The molecule has 7 nitrogen and oxygen atoms in total. The Kier molecular flexibility index (Phi) is 5.80. The summed E-state index contributed by atoms with van der Waals surface area (Å²) in [6.45, 7) is 0.807. The molecule has 2 fully saturated rings. The summed E-state index contributed by atoms with van der Waals surface area (Å²) in [5.41, 5.74) is -0.484. The molecule has 0 radical (unpaired) electrons. The zero-order chi connectivity index (χ0) is 19.6. The predicted octanol–water partition coefficient (Wildman–Crippen LogP) is 2.06. The summed E-state index contributed by atoms with van der Waals surface area (Å²) in [6.07, 6.45) is -3.48. The summed E-state index contributed by atoms with van der Waals surface area (Å²) >= 11 is 0. The van der Waals surface area contributed by atoms with Crippen molar-refractivity contribution in [3.63, 3.8) is 0 Å². The van der Waals surface area contributed by atoms with Crippen LogP contribution in [0.15, 0.2) is 18.2 Å². The fourth-order valence-electron chi connectivity index (χ4n) is 3.10. The van der Waals surface area contributed by atoms with E-state index in [0.29, 0.717) is 32.1 Å². The van der Waals surface area contributed by atoms with E-state index in [1.165, 1.54) is 0 Å². The monoisotopic (exact) mass is 390 g/mol. The first-order chi connectivity index (χ1) is 12.9. The maximum atomic E-state index is 13.9. The van der Waals surface area contributed by atoms with Gasteiger partial charge in [-0.1, -0.05) is 6.07 Å². The lowest BCUT2D eigenvalue weighted by Gasteiger charge is -2.39. The van der Waals surface area contributed by atoms with Gasteiger partial charge in [-0.3, -0.25) is 5.32 Å². The lowest BCUT2D eigenvalue weighted by Crippen LogP contribution is -2.70. The summed E-state index contributed by atoms with van der Waals surface area (Å²) in [5.74, 6) is -2.07. The maximum Gasteiger partial charge on any atom is 0.328 e. The summed E-state index contributed by atoms with van der Waals surface area (Å²) in [7, 11) is 0. The minimum atomic E-state index is -3.08. The number of imide groups is 1. The second-order valence-corrected chi connectivity index (χ2v) is 6.19. The molecule has 3 N–H and O–H groups in total. The highest BCUT2D eigenvalue weighted by atomic mass is 19.3. The van der Waals surface area contributed by atoms with E-state index >= 15 is 0 Å². The van der Waals surface area contributed by atoms with Crippen LogP contribution in [0.4, 0.5) is 27.2 Å². The fourth-order valence-corrected chi connectivity index (χ4v) is 3.10. The Bertz CT molecular complexity index is 697. The third-order valence-corrected chi connectivity index (χ3v) is 4.42. The van der Waals surface area contributed by atoms with Crippen LogP contribution in [0.2, 0.25) is 0 Å². The van der Waals surface area contributed by atoms with Gasteiger partial charge < -0.3 is 15.4 Å². The van der Waals surface area contributed by atoms with E-state index in [1.54, 1.807) is 0 Å². The first-order valence-corrected chi connectivity index (χ1v) is 8.34. The number of amides is 4. The number of nitrogens with one attached hydrogen (secondary N) is 3. The Morgan fingerprint density at radius 1 is 1.11 bits per heavy atom. The first kappa shape index (κ1) is 19.4. The van der Waals surface area contributed by atoms with Gasteiger partial charge in [0.15, 0.2) is 6.29 Å². The molecule has 11 heteroatoms. The third kappa shape index (κ3) is 4.30. The Morgan fingerprint density at radius 2 is 1.74 bits per heavy atom. The van der Waals surface area contributed by atoms with Crippen LogP contribution < -0.4 is 16.0 Å². The van der Waals surface area contributed by atoms with E-state index in [-0.39, 0.29) is 6.04 Å². The Morgan fingerprint density at radius 3 is 2.30 bits per heavy atom. The summed E-state index contributed by atoms with van der Waals surface area (Å²) in [6, 6.07) is -1.52. The van der Waals surface area contributed by atoms with Crippen LogP contribution in [0, 0.1) is 11.6 Å². The number of alkyl halides is 2. The van der Waals surface area contributed by atoms with Crippen molar-refractivity contribution in [2.45, 2.75) is 37.6 Å². The normalized spacial score (nSPS) is 20.6. The molecule has 148 valence electrons. The third-order valence-electron chi connectivity index (χ3n) is 4.42. The minimum absolute atomic E-state index is 0.361. The minimum Gasteiger partial charge on any atom is -0.381 e. The standard InChI is InChI=1S/C16H18F4N4O3/c17-8-1-2-10(11(18)7-8)12(13(19)20)21-14-22-15(25)24(16(26)23-14)9-3-5-27-6-4-9/h1-2,7,9,12-14,21H,3-6H2,(H,22,25)(H,23,26)/t12-/m1/s1. The van der Waals surface area contributed by atoms with Crippen molar-refractivity contribution in [3.8, 4) is 0 Å². The van der Waals surface area contributed by atoms with Crippen LogP contribution in [0.1, 0.15) is 24.4 Å². The van der Waals surface area contributed by atoms with Crippen LogP contribution >= 0.6 is 0 Å². The van der Waals surface area contributed by atoms with Gasteiger partial charge in [-0.05, 0) is 18.9 Å². The van der Waals surface area contributed by atoms with Crippen molar-refractivity contribution >= 4 is 12.1 Å². The van der Waals surface area contributed by atoms with E-state index < -0.39 is 48.0 Å². The number of carbonyl (C=O) groups is 2. The first-order valence-electron chi connectivity index (χ1n) is 8.34. The summed E-state index contributed by atoms with van der Waals surface area (Å²) < 4.78 is 58.9. The van der Waals surface area contributed by atoms with Gasteiger partial charge in [0, 0.05) is 30.9 Å². The molecule has 1 atom stereocenters. The van der Waals surface area contributed by atoms with Gasteiger partial charge in [-0.2, -0.15) is 0 Å². The van der Waals surface area contributed by atoms with Crippen molar-refractivity contribution in [1.29, 1.82) is 0 Å². The number of ether oxygens (including phenoxy) is 1. The molecule has 0 unspecified atom stereocenters. The largest absolute Gasteiger partial charge is 0.381 e. The molecule has 2 aliphatic heterocycles. The van der Waals surface area contributed by atoms with E-state index in [9.17, 15) is 27.2 Å². The number of halogens is 4. The quantitative estimate of drug-likeness (QED) is 0.673. The summed E-state index contributed by atoms with van der Waals surface area (Å²) in [4.78, 5) is 25.5. The van der Waals surface area contributed by atoms with Gasteiger partial charge in [0.1, 0.15) is 11.6 Å². The Labute approximate surface area is 152 Å². The number of hydrogen-bond donors (Lipinski definition) is 3. The highest BCUT2D eigenvalue weighted by molar-refractivity contribution is 5.96. The van der Waals surface area contributed by atoms with Crippen LogP contribution in [-0.2, 0) is 4.74 Å². The van der Waals surface area contributed by atoms with Gasteiger partial charge >= 0.3 is 12.1 Å². The molecule has 27 heavy (non-hydrogen) atoms. The van der Waals surface area contributed by atoms with E-state index in [0.717, 1.165) is 17.0 Å². The SMILES string of the molecule is O=C1NC(N[C@H](c2ccc(F)cc2F)C(F)F)NC(=O)N1C1CCOCC1. The van der Waals surface area contributed by atoms with Crippen molar-refractivity contribution in [3.05, 3.63) is 35.4 Å². The number of carbonyl (C=O) groups excluding carboxylic acids is 2. The Balaban J connectivity index is 1.71. The molecule has 3 rings (SSSR count). The molecule has 0 spiro atoms. The molecule has 0 saturated carbocycles. The molecule has 1 aromatic rings. The van der Waals surface area contributed by atoms with Crippen LogP contribution in [0.3, 0.4) is 0 Å². The number of hydrogen-bond acceptors (Lipinski definition) is 4. The highest BCUT2D eigenvalue weighted by Gasteiger charge is 2.39. The van der Waals surface area contributed by atoms with E-state index in [2.05, 4.69) is 16.0 Å². The average molecular weight is 390 g/mol. The van der Waals surface area contributed by atoms with Gasteiger partial charge in [-0.25, -0.2) is 32.1 Å². The lowest BCUT2D eigenvalue weighted by atomic mass is 10.1. The number of benzene rings is 1. The second-order valence-electron chi connectivity index (χ2n) is 6.19. The predicted molar refractivity (Wildman–Crippen MR) is 84.8 cm³/mol. The van der Waals surface area contributed by atoms with Crippen molar-refractivity contribution in [2.24, 2.45) is 0 Å². The molecule has 1 aromatic carbocycles.